The van der Waals surface area contributed by atoms with Crippen LogP contribution in [-0.2, 0) is 9.59 Å². The van der Waals surface area contributed by atoms with Gasteiger partial charge in [-0.2, -0.15) is 0 Å². The summed E-state index contributed by atoms with van der Waals surface area (Å²) in [6.07, 6.45) is 1.55. The molecule has 3 rings (SSSR count). The normalized spacial score (nSPS) is 12.1. The maximum absolute atomic E-state index is 12.4. The van der Waals surface area contributed by atoms with Crippen LogP contribution < -0.4 is 5.32 Å². The summed E-state index contributed by atoms with van der Waals surface area (Å²) in [5.74, 6) is -2.57. The van der Waals surface area contributed by atoms with Crippen molar-refractivity contribution in [2.75, 3.05) is 18.9 Å². The fourth-order valence-electron chi connectivity index (χ4n) is 3.10. The number of carboxylic acids is 2. The topological polar surface area (TPSA) is 123 Å². The van der Waals surface area contributed by atoms with E-state index in [-0.39, 0.29) is 5.91 Å². The van der Waals surface area contributed by atoms with Gasteiger partial charge >= 0.3 is 11.9 Å². The first kappa shape index (κ1) is 19.1. The number of anilines is 1. The Kier molecular flexibility index (Phi) is 5.42. The highest BCUT2D eigenvalue weighted by Crippen LogP contribution is 2.30. The largest absolute Gasteiger partial charge is 0.480 e. The summed E-state index contributed by atoms with van der Waals surface area (Å²) in [7, 11) is 1.44. The number of hydrogen-bond acceptors (Lipinski definition) is 4. The summed E-state index contributed by atoms with van der Waals surface area (Å²) in [6, 6.07) is 12.7. The van der Waals surface area contributed by atoms with Crippen LogP contribution >= 0.6 is 0 Å². The SMILES string of the molecule is CN(CC(=O)O)C(C(=O)O)c1c[nH]c2ccc(NC(=O)c3ccccc3)cc12. The van der Waals surface area contributed by atoms with Crippen molar-refractivity contribution in [1.29, 1.82) is 0 Å². The lowest BCUT2D eigenvalue weighted by molar-refractivity contribution is -0.145. The number of hydrogen-bond donors (Lipinski definition) is 4. The van der Waals surface area contributed by atoms with E-state index in [1.807, 2.05) is 6.07 Å². The van der Waals surface area contributed by atoms with Crippen LogP contribution in [0.3, 0.4) is 0 Å². The Morgan fingerprint density at radius 2 is 1.82 bits per heavy atom. The van der Waals surface area contributed by atoms with Gasteiger partial charge < -0.3 is 20.5 Å². The standard InChI is InChI=1S/C20H19N3O5/c1-23(11-17(24)25)18(20(27)28)15-10-21-16-8-7-13(9-14(15)16)22-19(26)12-5-3-2-4-6-12/h2-10,18,21H,11H2,1H3,(H,22,26)(H,24,25)(H,27,28). The van der Waals surface area contributed by atoms with Crippen LogP contribution in [0.25, 0.3) is 10.9 Å². The Morgan fingerprint density at radius 3 is 2.46 bits per heavy atom. The molecule has 0 fully saturated rings. The number of nitrogens with zero attached hydrogens (tertiary/aromatic N) is 1. The van der Waals surface area contributed by atoms with Crippen LogP contribution in [0.4, 0.5) is 5.69 Å². The number of carbonyl (C=O) groups is 3. The summed E-state index contributed by atoms with van der Waals surface area (Å²) >= 11 is 0. The van der Waals surface area contributed by atoms with Crippen molar-refractivity contribution in [2.45, 2.75) is 6.04 Å². The van der Waals surface area contributed by atoms with Crippen LogP contribution in [0.2, 0.25) is 0 Å². The summed E-state index contributed by atoms with van der Waals surface area (Å²) in [6.45, 7) is -0.423. The van der Waals surface area contributed by atoms with Gasteiger partial charge in [-0.05, 0) is 37.4 Å². The van der Waals surface area contributed by atoms with Gasteiger partial charge in [-0.25, -0.2) is 0 Å². The molecule has 8 heteroatoms. The third kappa shape index (κ3) is 4.02. The van der Waals surface area contributed by atoms with Crippen molar-refractivity contribution in [1.82, 2.24) is 9.88 Å². The molecule has 0 saturated carbocycles. The van der Waals surface area contributed by atoms with Gasteiger partial charge in [0.2, 0.25) is 0 Å². The molecule has 0 aliphatic carbocycles. The molecule has 0 saturated heterocycles. The van der Waals surface area contributed by atoms with Gasteiger partial charge in [0.15, 0.2) is 0 Å². The van der Waals surface area contributed by atoms with Crippen molar-refractivity contribution < 1.29 is 24.6 Å². The number of nitrogens with one attached hydrogen (secondary N) is 2. The Balaban J connectivity index is 1.94. The van der Waals surface area contributed by atoms with Crippen molar-refractivity contribution in [3.05, 3.63) is 65.9 Å². The lowest BCUT2D eigenvalue weighted by Crippen LogP contribution is -2.34. The molecule has 8 nitrogen and oxygen atoms in total. The molecule has 1 amide bonds. The van der Waals surface area contributed by atoms with Crippen LogP contribution in [0, 0.1) is 0 Å². The number of aromatic amines is 1. The highest BCUT2D eigenvalue weighted by atomic mass is 16.4. The summed E-state index contributed by atoms with van der Waals surface area (Å²) in [4.78, 5) is 39.4. The molecule has 28 heavy (non-hydrogen) atoms. The Labute approximate surface area is 160 Å². The predicted molar refractivity (Wildman–Crippen MR) is 103 cm³/mol. The number of carbonyl (C=O) groups excluding carboxylic acids is 1. The number of rotatable bonds is 7. The fraction of sp³-hybridized carbons (Fsp3) is 0.150. The highest BCUT2D eigenvalue weighted by molar-refractivity contribution is 6.05. The average molecular weight is 381 g/mol. The highest BCUT2D eigenvalue weighted by Gasteiger charge is 2.28. The molecule has 1 aromatic heterocycles. The van der Waals surface area contributed by atoms with Crippen LogP contribution in [0.1, 0.15) is 22.0 Å². The lowest BCUT2D eigenvalue weighted by atomic mass is 10.0. The second kappa shape index (κ2) is 7.93. The molecule has 4 N–H and O–H groups in total. The van der Waals surface area contributed by atoms with Crippen LogP contribution in [0.15, 0.2) is 54.7 Å². The first-order valence-corrected chi connectivity index (χ1v) is 8.49. The molecule has 1 atom stereocenters. The lowest BCUT2D eigenvalue weighted by Gasteiger charge is -2.22. The molecule has 2 aromatic carbocycles. The van der Waals surface area contributed by atoms with Crippen molar-refractivity contribution in [3.63, 3.8) is 0 Å². The van der Waals surface area contributed by atoms with E-state index < -0.39 is 24.5 Å². The Morgan fingerprint density at radius 1 is 1.11 bits per heavy atom. The first-order valence-electron chi connectivity index (χ1n) is 8.49. The smallest absolute Gasteiger partial charge is 0.325 e. The van der Waals surface area contributed by atoms with Gasteiger partial charge in [0.05, 0.1) is 6.54 Å². The van der Waals surface area contributed by atoms with E-state index in [4.69, 9.17) is 5.11 Å². The number of amides is 1. The van der Waals surface area contributed by atoms with Crippen LogP contribution in [-0.4, -0.2) is 51.5 Å². The molecule has 144 valence electrons. The predicted octanol–water partition coefficient (Wildman–Crippen LogP) is 2.56. The van der Waals surface area contributed by atoms with Gasteiger partial charge in [-0.3, -0.25) is 19.3 Å². The molecule has 1 heterocycles. The minimum Gasteiger partial charge on any atom is -0.480 e. The molecule has 0 bridgehead atoms. The van der Waals surface area contributed by atoms with Crippen molar-refractivity contribution in [3.8, 4) is 0 Å². The Hall–Kier alpha value is -3.65. The zero-order valence-corrected chi connectivity index (χ0v) is 15.0. The van der Waals surface area contributed by atoms with E-state index in [1.165, 1.54) is 11.9 Å². The number of aliphatic carboxylic acids is 2. The molecular formula is C20H19N3O5. The van der Waals surface area contributed by atoms with E-state index in [9.17, 15) is 19.5 Å². The molecular weight excluding hydrogens is 362 g/mol. The quantitative estimate of drug-likeness (QED) is 0.499. The van der Waals surface area contributed by atoms with E-state index in [0.29, 0.717) is 27.7 Å². The monoisotopic (exact) mass is 381 g/mol. The molecule has 0 radical (unpaired) electrons. The maximum atomic E-state index is 12.4. The zero-order chi connectivity index (χ0) is 20.3. The van der Waals surface area contributed by atoms with E-state index >= 15 is 0 Å². The van der Waals surface area contributed by atoms with E-state index in [2.05, 4.69) is 10.3 Å². The summed E-state index contributed by atoms with van der Waals surface area (Å²) in [5.41, 5.74) is 2.11. The molecule has 0 aliphatic heterocycles. The first-order chi connectivity index (χ1) is 13.4. The maximum Gasteiger partial charge on any atom is 0.325 e. The minimum atomic E-state index is -1.16. The van der Waals surface area contributed by atoms with E-state index in [0.717, 1.165) is 0 Å². The number of H-pyrrole nitrogens is 1. The zero-order valence-electron chi connectivity index (χ0n) is 15.0. The number of likely N-dealkylation sites (N-methyl/N-ethyl adjacent to an activating group) is 1. The summed E-state index contributed by atoms with van der Waals surface area (Å²) < 4.78 is 0. The number of fused-ring (bicyclic) bond motifs is 1. The Bertz CT molecular complexity index is 1030. The van der Waals surface area contributed by atoms with Gasteiger partial charge in [0.25, 0.3) is 5.91 Å². The average Bonchev–Trinajstić information content (AvgIpc) is 3.04. The fourth-order valence-corrected chi connectivity index (χ4v) is 3.10. The van der Waals surface area contributed by atoms with Crippen molar-refractivity contribution >= 4 is 34.4 Å². The molecule has 3 aromatic rings. The van der Waals surface area contributed by atoms with Crippen molar-refractivity contribution in [2.24, 2.45) is 0 Å². The second-order valence-electron chi connectivity index (χ2n) is 6.37. The van der Waals surface area contributed by atoms with Crippen LogP contribution in [0.5, 0.6) is 0 Å². The number of benzene rings is 2. The third-order valence-electron chi connectivity index (χ3n) is 4.36. The molecule has 0 aliphatic rings. The van der Waals surface area contributed by atoms with Gasteiger partial charge in [-0.1, -0.05) is 18.2 Å². The molecule has 0 spiro atoms. The molecule has 1 unspecified atom stereocenters. The van der Waals surface area contributed by atoms with E-state index in [1.54, 1.807) is 48.7 Å². The van der Waals surface area contributed by atoms with Gasteiger partial charge in [-0.15, -0.1) is 0 Å². The minimum absolute atomic E-state index is 0.283. The summed E-state index contributed by atoms with van der Waals surface area (Å²) in [5, 5.41) is 22.0. The van der Waals surface area contributed by atoms with Gasteiger partial charge in [0.1, 0.15) is 6.04 Å². The number of carboxylic acid groups (broad SMARTS) is 2. The number of aromatic nitrogens is 1. The second-order valence-corrected chi connectivity index (χ2v) is 6.37. The van der Waals surface area contributed by atoms with Gasteiger partial charge in [0, 0.05) is 33.9 Å². The third-order valence-corrected chi connectivity index (χ3v) is 4.36.